The SMILES string of the molecule is CCc1nc2ccc(Cl)cn2c1C(=O)NCc1ccc(C2CCN(c3ccc(OCC4CC4)nc3)CC2)c(F)c1.Cl. The first-order valence-corrected chi connectivity index (χ1v) is 14.4. The molecule has 1 aliphatic heterocycles. The van der Waals surface area contributed by atoms with Gasteiger partial charge in [0.2, 0.25) is 5.88 Å². The lowest BCUT2D eigenvalue weighted by atomic mass is 9.88. The van der Waals surface area contributed by atoms with Crippen molar-refractivity contribution in [3.05, 3.63) is 88.2 Å². The number of imidazole rings is 1. The number of nitrogens with one attached hydrogen (secondary N) is 1. The van der Waals surface area contributed by atoms with E-state index >= 15 is 4.39 Å². The number of aromatic nitrogens is 3. The minimum absolute atomic E-state index is 0. The van der Waals surface area contributed by atoms with Crippen molar-refractivity contribution in [1.82, 2.24) is 19.7 Å². The van der Waals surface area contributed by atoms with Crippen LogP contribution in [0.2, 0.25) is 5.02 Å². The molecule has 1 amide bonds. The van der Waals surface area contributed by atoms with Crippen LogP contribution >= 0.6 is 24.0 Å². The first-order valence-electron chi connectivity index (χ1n) is 14.0. The Labute approximate surface area is 250 Å². The number of carbonyl (C=O) groups excluding carboxylic acids is 1. The number of pyridine rings is 2. The molecule has 0 unspecified atom stereocenters. The maximum absolute atomic E-state index is 15.2. The van der Waals surface area contributed by atoms with Crippen LogP contribution in [0.3, 0.4) is 0 Å². The summed E-state index contributed by atoms with van der Waals surface area (Å²) in [6.45, 7) is 4.62. The van der Waals surface area contributed by atoms with Crippen LogP contribution in [0.5, 0.6) is 5.88 Å². The van der Waals surface area contributed by atoms with Crippen LogP contribution in [0.1, 0.15) is 65.8 Å². The number of halogens is 3. The Hall–Kier alpha value is -3.36. The summed E-state index contributed by atoms with van der Waals surface area (Å²) in [6.07, 6.45) is 8.42. The smallest absolute Gasteiger partial charge is 0.270 e. The monoisotopic (exact) mass is 597 g/mol. The molecule has 2 fully saturated rings. The number of piperidine rings is 1. The van der Waals surface area contributed by atoms with Gasteiger partial charge in [0.15, 0.2) is 0 Å². The number of aryl methyl sites for hydroxylation is 1. The molecule has 0 radical (unpaired) electrons. The molecule has 4 heterocycles. The number of hydrogen-bond donors (Lipinski definition) is 1. The number of anilines is 1. The molecule has 41 heavy (non-hydrogen) atoms. The molecule has 1 N–H and O–H groups in total. The van der Waals surface area contributed by atoms with Gasteiger partial charge in [0.05, 0.1) is 29.2 Å². The second-order valence-electron chi connectivity index (χ2n) is 10.7. The maximum Gasteiger partial charge on any atom is 0.270 e. The van der Waals surface area contributed by atoms with E-state index in [0.29, 0.717) is 45.8 Å². The van der Waals surface area contributed by atoms with Crippen LogP contribution in [-0.4, -0.2) is 40.0 Å². The van der Waals surface area contributed by atoms with E-state index in [1.54, 1.807) is 28.8 Å². The fourth-order valence-corrected chi connectivity index (χ4v) is 5.57. The van der Waals surface area contributed by atoms with Crippen LogP contribution in [0.15, 0.2) is 54.9 Å². The summed E-state index contributed by atoms with van der Waals surface area (Å²) in [7, 11) is 0. The molecule has 1 saturated carbocycles. The van der Waals surface area contributed by atoms with Crippen LogP contribution < -0.4 is 15.0 Å². The fourth-order valence-electron chi connectivity index (χ4n) is 5.41. The largest absolute Gasteiger partial charge is 0.477 e. The number of amides is 1. The quantitative estimate of drug-likeness (QED) is 0.235. The van der Waals surface area contributed by atoms with E-state index in [2.05, 4.69) is 26.3 Å². The molecule has 10 heteroatoms. The molecule has 7 nitrogen and oxygen atoms in total. The number of nitrogens with zero attached hydrogens (tertiary/aromatic N) is 4. The predicted molar refractivity (Wildman–Crippen MR) is 161 cm³/mol. The molecule has 1 aliphatic carbocycles. The van der Waals surface area contributed by atoms with E-state index in [1.165, 1.54) is 12.8 Å². The number of ether oxygens (including phenoxy) is 1. The number of hydrogen-bond acceptors (Lipinski definition) is 5. The lowest BCUT2D eigenvalue weighted by molar-refractivity contribution is 0.0944. The summed E-state index contributed by atoms with van der Waals surface area (Å²) in [6, 6.07) is 12.9. The number of benzene rings is 1. The Kier molecular flexibility index (Phi) is 9.00. The molecular formula is C31H34Cl2FN5O2. The van der Waals surface area contributed by atoms with Gasteiger partial charge in [0.25, 0.3) is 5.91 Å². The Balaban J connectivity index is 0.00000337. The highest BCUT2D eigenvalue weighted by Crippen LogP contribution is 2.33. The van der Waals surface area contributed by atoms with Crippen molar-refractivity contribution in [1.29, 1.82) is 0 Å². The minimum Gasteiger partial charge on any atom is -0.477 e. The zero-order valence-electron chi connectivity index (χ0n) is 23.0. The van der Waals surface area contributed by atoms with Gasteiger partial charge in [-0.05, 0) is 79.3 Å². The Bertz CT molecular complexity index is 1520. The highest BCUT2D eigenvalue weighted by Gasteiger charge is 2.25. The molecule has 4 aromatic rings. The maximum atomic E-state index is 15.2. The van der Waals surface area contributed by atoms with Crippen LogP contribution in [0, 0.1) is 11.7 Å². The van der Waals surface area contributed by atoms with E-state index in [4.69, 9.17) is 16.3 Å². The van der Waals surface area contributed by atoms with E-state index in [9.17, 15) is 4.79 Å². The van der Waals surface area contributed by atoms with E-state index < -0.39 is 0 Å². The molecule has 0 spiro atoms. The number of rotatable bonds is 9. The van der Waals surface area contributed by atoms with Crippen LogP contribution in [0.4, 0.5) is 10.1 Å². The van der Waals surface area contributed by atoms with Gasteiger partial charge in [-0.3, -0.25) is 9.20 Å². The van der Waals surface area contributed by atoms with Gasteiger partial charge in [0, 0.05) is 31.9 Å². The van der Waals surface area contributed by atoms with E-state index in [0.717, 1.165) is 43.8 Å². The van der Waals surface area contributed by atoms with Crippen molar-refractivity contribution in [2.45, 2.75) is 51.5 Å². The molecule has 6 rings (SSSR count). The van der Waals surface area contributed by atoms with Crippen molar-refractivity contribution in [2.24, 2.45) is 5.92 Å². The van der Waals surface area contributed by atoms with Gasteiger partial charge in [-0.1, -0.05) is 30.7 Å². The standard InChI is InChI=1S/C31H33ClFN5O2.ClH/c1-2-27-30(38-18-23(32)6-9-28(38)36-27)31(39)35-16-21-5-8-25(26(33)15-21)22-11-13-37(14-12-22)24-7-10-29(34-17-24)40-19-20-3-4-20;/h5-10,15,17-18,20,22H,2-4,11-14,16,19H2,1H3,(H,35,39);1H. The third-order valence-electron chi connectivity index (χ3n) is 7.91. The highest BCUT2D eigenvalue weighted by atomic mass is 35.5. The molecular weight excluding hydrogens is 564 g/mol. The van der Waals surface area contributed by atoms with Gasteiger partial charge in [-0.2, -0.15) is 0 Å². The molecule has 0 bridgehead atoms. The zero-order valence-corrected chi connectivity index (χ0v) is 24.6. The Morgan fingerprint density at radius 1 is 1.12 bits per heavy atom. The van der Waals surface area contributed by atoms with Gasteiger partial charge in [-0.15, -0.1) is 12.4 Å². The summed E-state index contributed by atoms with van der Waals surface area (Å²) in [4.78, 5) is 24.4. The highest BCUT2D eigenvalue weighted by molar-refractivity contribution is 6.30. The van der Waals surface area contributed by atoms with Gasteiger partial charge in [0.1, 0.15) is 17.2 Å². The summed E-state index contributed by atoms with van der Waals surface area (Å²) in [5.41, 5.74) is 4.34. The minimum atomic E-state index is -0.263. The number of carbonyl (C=O) groups is 1. The summed E-state index contributed by atoms with van der Waals surface area (Å²) < 4.78 is 22.7. The molecule has 3 aromatic heterocycles. The molecule has 216 valence electrons. The lowest BCUT2D eigenvalue weighted by Gasteiger charge is -2.33. The number of fused-ring (bicyclic) bond motifs is 1. The van der Waals surface area contributed by atoms with Crippen molar-refractivity contribution in [2.75, 3.05) is 24.6 Å². The molecule has 2 aliphatic rings. The van der Waals surface area contributed by atoms with Crippen molar-refractivity contribution < 1.29 is 13.9 Å². The Morgan fingerprint density at radius 3 is 2.61 bits per heavy atom. The predicted octanol–water partition coefficient (Wildman–Crippen LogP) is 6.61. The van der Waals surface area contributed by atoms with Gasteiger partial charge < -0.3 is 15.0 Å². The normalized spacial score (nSPS) is 15.5. The third kappa shape index (κ3) is 6.60. The molecule has 1 aromatic carbocycles. The second-order valence-corrected chi connectivity index (χ2v) is 11.2. The first kappa shape index (κ1) is 29.1. The van der Waals surface area contributed by atoms with Crippen molar-refractivity contribution in [3.8, 4) is 5.88 Å². The fraction of sp³-hybridized carbons (Fsp3) is 0.387. The zero-order chi connectivity index (χ0) is 27.6. The summed E-state index contributed by atoms with van der Waals surface area (Å²) >= 11 is 6.15. The van der Waals surface area contributed by atoms with Crippen molar-refractivity contribution in [3.63, 3.8) is 0 Å². The van der Waals surface area contributed by atoms with E-state index in [-0.39, 0.29) is 36.6 Å². The second kappa shape index (κ2) is 12.7. The average Bonchev–Trinajstić information content (AvgIpc) is 3.74. The molecule has 1 saturated heterocycles. The third-order valence-corrected chi connectivity index (χ3v) is 8.13. The van der Waals surface area contributed by atoms with Crippen LogP contribution in [-0.2, 0) is 13.0 Å². The average molecular weight is 599 g/mol. The van der Waals surface area contributed by atoms with E-state index in [1.807, 2.05) is 31.3 Å². The summed E-state index contributed by atoms with van der Waals surface area (Å²) in [5, 5.41) is 3.45. The Morgan fingerprint density at radius 2 is 1.93 bits per heavy atom. The summed E-state index contributed by atoms with van der Waals surface area (Å²) in [5.74, 6) is 1.05. The first-order chi connectivity index (χ1) is 19.5. The van der Waals surface area contributed by atoms with Crippen LogP contribution in [0.25, 0.3) is 5.65 Å². The molecule has 0 atom stereocenters. The lowest BCUT2D eigenvalue weighted by Crippen LogP contribution is -2.33. The van der Waals surface area contributed by atoms with Crippen molar-refractivity contribution >= 4 is 41.2 Å². The van der Waals surface area contributed by atoms with Gasteiger partial charge in [-0.25, -0.2) is 14.4 Å². The topological polar surface area (TPSA) is 71.8 Å². The van der Waals surface area contributed by atoms with Gasteiger partial charge >= 0.3 is 0 Å².